The maximum atomic E-state index is 12.8. The Hall–Kier alpha value is -3.39. The van der Waals surface area contributed by atoms with Crippen LogP contribution in [0.5, 0.6) is 0 Å². The third-order valence-corrected chi connectivity index (χ3v) is 6.90. The summed E-state index contributed by atoms with van der Waals surface area (Å²) in [4.78, 5) is 37.0. The Bertz CT molecular complexity index is 1030. The summed E-state index contributed by atoms with van der Waals surface area (Å²) in [6.45, 7) is 1.77. The standard InChI is InChI=1S/C26H30N2O6/c1-15(33-2)23(25(30)31)28-24(29)20-12-7-13-22(20)27-26(32)34-14-21-18-10-5-3-8-16(18)17-9-4-6-11-19(17)21/h3-6,8-11,15,20-23H,7,12-14H2,1-2H3,(H,27,32)(H,28,29)(H,30,31)/t15-,20-,22+,23+/m1/s1. The Kier molecular flexibility index (Phi) is 7.17. The number of amides is 2. The molecule has 2 aliphatic rings. The molecule has 3 N–H and O–H groups in total. The van der Waals surface area contributed by atoms with E-state index >= 15 is 0 Å². The zero-order valence-electron chi connectivity index (χ0n) is 19.3. The zero-order valence-corrected chi connectivity index (χ0v) is 19.3. The second-order valence-electron chi connectivity index (χ2n) is 8.88. The molecule has 0 heterocycles. The van der Waals surface area contributed by atoms with Gasteiger partial charge in [-0.2, -0.15) is 0 Å². The third-order valence-electron chi connectivity index (χ3n) is 6.90. The van der Waals surface area contributed by atoms with E-state index in [0.717, 1.165) is 28.7 Å². The first-order valence-corrected chi connectivity index (χ1v) is 11.6. The number of carboxylic acid groups (broad SMARTS) is 1. The lowest BCUT2D eigenvalue weighted by Gasteiger charge is -2.25. The lowest BCUT2D eigenvalue weighted by atomic mass is 9.98. The van der Waals surface area contributed by atoms with Gasteiger partial charge in [-0.1, -0.05) is 55.0 Å². The van der Waals surface area contributed by atoms with Crippen LogP contribution in [0.4, 0.5) is 4.79 Å². The van der Waals surface area contributed by atoms with E-state index in [1.54, 1.807) is 6.92 Å². The molecule has 0 unspecified atom stereocenters. The van der Waals surface area contributed by atoms with Gasteiger partial charge in [0, 0.05) is 19.1 Å². The van der Waals surface area contributed by atoms with E-state index in [1.165, 1.54) is 7.11 Å². The average molecular weight is 467 g/mol. The number of carbonyl (C=O) groups excluding carboxylic acids is 2. The topological polar surface area (TPSA) is 114 Å². The average Bonchev–Trinajstić information content (AvgIpc) is 3.43. The molecule has 0 aliphatic heterocycles. The number of benzene rings is 2. The van der Waals surface area contributed by atoms with Gasteiger partial charge in [0.15, 0.2) is 6.04 Å². The van der Waals surface area contributed by atoms with Crippen molar-refractivity contribution in [1.82, 2.24) is 10.6 Å². The number of rotatable bonds is 8. The first-order chi connectivity index (χ1) is 16.4. The second-order valence-corrected chi connectivity index (χ2v) is 8.88. The summed E-state index contributed by atoms with van der Waals surface area (Å²) in [5.41, 5.74) is 4.55. The van der Waals surface area contributed by atoms with Gasteiger partial charge in [0.2, 0.25) is 5.91 Å². The SMILES string of the molecule is CO[C@H](C)[C@H](NC(=O)[C@@H]1CCC[C@@H]1NC(=O)OCC1c2ccccc2-c2ccccc21)C(=O)O. The van der Waals surface area contributed by atoms with Crippen LogP contribution in [-0.4, -0.2) is 55.0 Å². The van der Waals surface area contributed by atoms with E-state index in [-0.39, 0.29) is 12.5 Å². The molecule has 1 saturated carbocycles. The third kappa shape index (κ3) is 4.77. The quantitative estimate of drug-likeness (QED) is 0.550. The van der Waals surface area contributed by atoms with Gasteiger partial charge in [0.1, 0.15) is 6.61 Å². The van der Waals surface area contributed by atoms with Gasteiger partial charge in [-0.05, 0) is 42.0 Å². The molecule has 8 heteroatoms. The van der Waals surface area contributed by atoms with E-state index < -0.39 is 42.1 Å². The molecule has 0 spiro atoms. The minimum Gasteiger partial charge on any atom is -0.480 e. The van der Waals surface area contributed by atoms with Gasteiger partial charge in [-0.15, -0.1) is 0 Å². The number of aliphatic carboxylic acids is 1. The van der Waals surface area contributed by atoms with E-state index in [2.05, 4.69) is 34.9 Å². The highest BCUT2D eigenvalue weighted by molar-refractivity contribution is 5.86. The Labute approximate surface area is 198 Å². The first-order valence-electron chi connectivity index (χ1n) is 11.6. The van der Waals surface area contributed by atoms with Crippen LogP contribution in [0.15, 0.2) is 48.5 Å². The Morgan fingerprint density at radius 3 is 2.24 bits per heavy atom. The highest BCUT2D eigenvalue weighted by Gasteiger charge is 2.37. The van der Waals surface area contributed by atoms with Crippen LogP contribution >= 0.6 is 0 Å². The summed E-state index contributed by atoms with van der Waals surface area (Å²) in [6, 6.07) is 14.6. The van der Waals surface area contributed by atoms with Gasteiger partial charge >= 0.3 is 12.1 Å². The molecule has 0 radical (unpaired) electrons. The van der Waals surface area contributed by atoms with Crippen molar-refractivity contribution in [2.24, 2.45) is 5.92 Å². The van der Waals surface area contributed by atoms with Crippen molar-refractivity contribution < 1.29 is 29.0 Å². The van der Waals surface area contributed by atoms with Crippen molar-refractivity contribution in [3.63, 3.8) is 0 Å². The highest BCUT2D eigenvalue weighted by Crippen LogP contribution is 2.44. The van der Waals surface area contributed by atoms with Crippen LogP contribution in [0.3, 0.4) is 0 Å². The van der Waals surface area contributed by atoms with Crippen molar-refractivity contribution in [2.75, 3.05) is 13.7 Å². The Morgan fingerprint density at radius 2 is 1.65 bits per heavy atom. The molecule has 2 aliphatic carbocycles. The fourth-order valence-corrected chi connectivity index (χ4v) is 5.01. The first kappa shape index (κ1) is 23.8. The number of fused-ring (bicyclic) bond motifs is 3. The van der Waals surface area contributed by atoms with E-state index in [4.69, 9.17) is 9.47 Å². The van der Waals surface area contributed by atoms with Crippen LogP contribution < -0.4 is 10.6 Å². The highest BCUT2D eigenvalue weighted by atomic mass is 16.5. The van der Waals surface area contributed by atoms with Crippen molar-refractivity contribution >= 4 is 18.0 Å². The molecule has 180 valence electrons. The smallest absolute Gasteiger partial charge is 0.407 e. The van der Waals surface area contributed by atoms with E-state index in [1.807, 2.05) is 24.3 Å². The molecule has 34 heavy (non-hydrogen) atoms. The van der Waals surface area contributed by atoms with Gasteiger partial charge in [0.05, 0.1) is 12.0 Å². The van der Waals surface area contributed by atoms with E-state index in [9.17, 15) is 19.5 Å². The largest absolute Gasteiger partial charge is 0.480 e. The summed E-state index contributed by atoms with van der Waals surface area (Å²) in [6.07, 6.45) is 0.681. The fraction of sp³-hybridized carbons (Fsp3) is 0.423. The minimum atomic E-state index is -1.17. The lowest BCUT2D eigenvalue weighted by Crippen LogP contribution is -2.52. The van der Waals surface area contributed by atoms with Crippen LogP contribution in [-0.2, 0) is 19.1 Å². The second kappa shape index (κ2) is 10.3. The van der Waals surface area contributed by atoms with Crippen molar-refractivity contribution in [1.29, 1.82) is 0 Å². The molecule has 2 amide bonds. The summed E-state index contributed by atoms with van der Waals surface area (Å²) in [5.74, 6) is -2.14. The normalized spacial score (nSPS) is 20.6. The maximum absolute atomic E-state index is 12.8. The lowest BCUT2D eigenvalue weighted by molar-refractivity contribution is -0.146. The summed E-state index contributed by atoms with van der Waals surface area (Å²) >= 11 is 0. The molecule has 4 rings (SSSR count). The van der Waals surface area contributed by atoms with Gasteiger partial charge in [0.25, 0.3) is 0 Å². The van der Waals surface area contributed by atoms with Gasteiger partial charge in [-0.3, -0.25) is 4.79 Å². The number of methoxy groups -OCH3 is 1. The van der Waals surface area contributed by atoms with Crippen LogP contribution in [0.2, 0.25) is 0 Å². The Morgan fingerprint density at radius 1 is 1.03 bits per heavy atom. The van der Waals surface area contributed by atoms with Gasteiger partial charge in [-0.25, -0.2) is 9.59 Å². The Balaban J connectivity index is 1.37. The number of hydrogen-bond donors (Lipinski definition) is 3. The molecular weight excluding hydrogens is 436 g/mol. The predicted molar refractivity (Wildman–Crippen MR) is 125 cm³/mol. The minimum absolute atomic E-state index is 0.0484. The van der Waals surface area contributed by atoms with E-state index in [0.29, 0.717) is 12.8 Å². The van der Waals surface area contributed by atoms with Crippen molar-refractivity contribution in [2.45, 2.75) is 50.3 Å². The summed E-state index contributed by atoms with van der Waals surface area (Å²) in [5, 5.41) is 14.8. The maximum Gasteiger partial charge on any atom is 0.407 e. The molecule has 8 nitrogen and oxygen atoms in total. The molecule has 0 saturated heterocycles. The van der Waals surface area contributed by atoms with Crippen LogP contribution in [0.25, 0.3) is 11.1 Å². The number of ether oxygens (including phenoxy) is 2. The monoisotopic (exact) mass is 466 g/mol. The fourth-order valence-electron chi connectivity index (χ4n) is 5.01. The molecular formula is C26H30N2O6. The number of alkyl carbamates (subject to hydrolysis) is 1. The summed E-state index contributed by atoms with van der Waals surface area (Å²) in [7, 11) is 1.39. The molecule has 1 fully saturated rings. The molecule has 0 aromatic heterocycles. The predicted octanol–water partition coefficient (Wildman–Crippen LogP) is 3.30. The number of nitrogens with one attached hydrogen (secondary N) is 2. The molecule has 2 aromatic carbocycles. The number of carbonyl (C=O) groups is 3. The van der Waals surface area contributed by atoms with Gasteiger partial charge < -0.3 is 25.2 Å². The molecule has 4 atom stereocenters. The zero-order chi connectivity index (χ0) is 24.2. The van der Waals surface area contributed by atoms with Crippen LogP contribution in [0.1, 0.15) is 43.2 Å². The van der Waals surface area contributed by atoms with Crippen LogP contribution in [0, 0.1) is 5.92 Å². The van der Waals surface area contributed by atoms with Crippen molar-refractivity contribution in [3.8, 4) is 11.1 Å². The number of hydrogen-bond acceptors (Lipinski definition) is 5. The summed E-state index contributed by atoms with van der Waals surface area (Å²) < 4.78 is 10.7. The molecule has 2 aromatic rings. The molecule has 0 bridgehead atoms. The van der Waals surface area contributed by atoms with Crippen molar-refractivity contribution in [3.05, 3.63) is 59.7 Å². The number of carboxylic acids is 1.